The molecule has 0 saturated heterocycles. The van der Waals surface area contributed by atoms with E-state index in [1.54, 1.807) is 0 Å². The van der Waals surface area contributed by atoms with E-state index in [4.69, 9.17) is 9.84 Å². The van der Waals surface area contributed by atoms with Crippen LogP contribution in [0.2, 0.25) is 0 Å². The highest BCUT2D eigenvalue weighted by Gasteiger charge is 2.25. The third kappa shape index (κ3) is 3.84. The second-order valence-corrected chi connectivity index (χ2v) is 5.05. The van der Waals surface area contributed by atoms with Gasteiger partial charge in [0.1, 0.15) is 6.04 Å². The molecule has 0 bridgehead atoms. The lowest BCUT2D eigenvalue weighted by Crippen LogP contribution is -2.41. The smallest absolute Gasteiger partial charge is 0.321 e. The van der Waals surface area contributed by atoms with Crippen LogP contribution in [-0.4, -0.2) is 44.2 Å². The maximum atomic E-state index is 11.7. The lowest BCUT2D eigenvalue weighted by atomic mass is 10.2. The van der Waals surface area contributed by atoms with Crippen molar-refractivity contribution in [1.82, 2.24) is 9.71 Å². The molecular weight excluding hydrogens is 248 g/mol. The van der Waals surface area contributed by atoms with Crippen LogP contribution in [0.5, 0.6) is 0 Å². The Labute approximate surface area is 98.8 Å². The van der Waals surface area contributed by atoms with Crippen molar-refractivity contribution >= 4 is 16.0 Å². The first-order valence-electron chi connectivity index (χ1n) is 4.84. The number of nitrogens with one attached hydrogen (secondary N) is 2. The molecule has 0 fully saturated rings. The van der Waals surface area contributed by atoms with Crippen molar-refractivity contribution in [2.24, 2.45) is 0 Å². The molecule has 17 heavy (non-hydrogen) atoms. The van der Waals surface area contributed by atoms with Crippen LogP contribution >= 0.6 is 0 Å². The van der Waals surface area contributed by atoms with Gasteiger partial charge in [-0.3, -0.25) is 4.79 Å². The van der Waals surface area contributed by atoms with Gasteiger partial charge in [-0.1, -0.05) is 0 Å². The molecule has 96 valence electrons. The van der Waals surface area contributed by atoms with Crippen molar-refractivity contribution < 1.29 is 23.1 Å². The molecule has 0 amide bonds. The van der Waals surface area contributed by atoms with Crippen LogP contribution in [0.25, 0.3) is 0 Å². The summed E-state index contributed by atoms with van der Waals surface area (Å²) in [6.07, 6.45) is 2.78. The molecule has 1 rings (SSSR count). The largest absolute Gasteiger partial charge is 0.480 e. The Hall–Kier alpha value is -1.38. The summed E-state index contributed by atoms with van der Waals surface area (Å²) in [7, 11) is -2.39. The van der Waals surface area contributed by atoms with Crippen LogP contribution in [0.15, 0.2) is 23.4 Å². The third-order valence-electron chi connectivity index (χ3n) is 2.09. The molecule has 0 aliphatic rings. The number of sulfonamides is 1. The third-order valence-corrected chi connectivity index (χ3v) is 3.56. The number of hydrogen-bond acceptors (Lipinski definition) is 4. The summed E-state index contributed by atoms with van der Waals surface area (Å²) < 4.78 is 30.3. The summed E-state index contributed by atoms with van der Waals surface area (Å²) in [6, 6.07) is 0.146. The highest BCUT2D eigenvalue weighted by Crippen LogP contribution is 2.08. The molecule has 0 aliphatic heterocycles. The summed E-state index contributed by atoms with van der Waals surface area (Å²) in [5.74, 6) is -1.24. The standard InChI is InChI=1S/C9H14N2O5S/c1-16-5-3-8(9(12)13)11-17(14,15)7-2-4-10-6-7/h2,4,6,8,10-11H,3,5H2,1H3,(H,12,13). The molecule has 0 aliphatic carbocycles. The highest BCUT2D eigenvalue weighted by molar-refractivity contribution is 7.89. The number of carboxylic acids is 1. The second-order valence-electron chi connectivity index (χ2n) is 3.34. The van der Waals surface area contributed by atoms with E-state index in [9.17, 15) is 13.2 Å². The Kier molecular flexibility index (Phi) is 4.67. The predicted octanol–water partition coefficient (Wildman–Crippen LogP) is -0.217. The van der Waals surface area contributed by atoms with E-state index in [0.29, 0.717) is 0 Å². The number of aromatic nitrogens is 1. The normalized spacial score (nSPS) is 13.5. The monoisotopic (exact) mass is 262 g/mol. The van der Waals surface area contributed by atoms with Crippen LogP contribution in [0.4, 0.5) is 0 Å². The molecule has 0 aromatic carbocycles. The number of aromatic amines is 1. The van der Waals surface area contributed by atoms with Gasteiger partial charge >= 0.3 is 5.97 Å². The van der Waals surface area contributed by atoms with Crippen molar-refractivity contribution in [2.75, 3.05) is 13.7 Å². The van der Waals surface area contributed by atoms with E-state index in [0.717, 1.165) is 0 Å². The Morgan fingerprint density at radius 3 is 2.82 bits per heavy atom. The van der Waals surface area contributed by atoms with E-state index in [-0.39, 0.29) is 17.9 Å². The van der Waals surface area contributed by atoms with Crippen LogP contribution < -0.4 is 4.72 Å². The number of hydrogen-bond donors (Lipinski definition) is 3. The fourth-order valence-corrected chi connectivity index (χ4v) is 2.40. The Bertz CT molecular complexity index is 454. The van der Waals surface area contributed by atoms with Gasteiger partial charge in [0.15, 0.2) is 0 Å². The predicted molar refractivity (Wildman–Crippen MR) is 59.0 cm³/mol. The summed E-state index contributed by atoms with van der Waals surface area (Å²) in [6.45, 7) is 0.159. The number of rotatable bonds is 7. The quantitative estimate of drug-likeness (QED) is 0.629. The van der Waals surface area contributed by atoms with Gasteiger partial charge in [-0.25, -0.2) is 8.42 Å². The Morgan fingerprint density at radius 1 is 1.65 bits per heavy atom. The lowest BCUT2D eigenvalue weighted by molar-refractivity contribution is -0.139. The lowest BCUT2D eigenvalue weighted by Gasteiger charge is -2.13. The van der Waals surface area contributed by atoms with Crippen molar-refractivity contribution in [3.05, 3.63) is 18.5 Å². The van der Waals surface area contributed by atoms with Gasteiger partial charge < -0.3 is 14.8 Å². The van der Waals surface area contributed by atoms with Gasteiger partial charge in [0.2, 0.25) is 10.0 Å². The number of carboxylic acid groups (broad SMARTS) is 1. The van der Waals surface area contributed by atoms with Crippen LogP contribution in [-0.2, 0) is 19.6 Å². The fourth-order valence-electron chi connectivity index (χ4n) is 1.20. The SMILES string of the molecule is COCCC(NS(=O)(=O)c1cc[nH]c1)C(=O)O. The van der Waals surface area contributed by atoms with E-state index < -0.39 is 22.0 Å². The average molecular weight is 262 g/mol. The Balaban J connectivity index is 2.76. The minimum atomic E-state index is -3.81. The van der Waals surface area contributed by atoms with Gasteiger partial charge in [-0.05, 0) is 12.5 Å². The van der Waals surface area contributed by atoms with E-state index in [2.05, 4.69) is 9.71 Å². The van der Waals surface area contributed by atoms with Gasteiger partial charge in [0.05, 0.1) is 4.90 Å². The summed E-state index contributed by atoms with van der Waals surface area (Å²) in [5, 5.41) is 8.87. The maximum absolute atomic E-state index is 11.7. The number of carbonyl (C=O) groups is 1. The number of H-pyrrole nitrogens is 1. The zero-order chi connectivity index (χ0) is 12.9. The molecule has 3 N–H and O–H groups in total. The minimum Gasteiger partial charge on any atom is -0.480 e. The Morgan fingerprint density at radius 2 is 2.35 bits per heavy atom. The summed E-state index contributed by atoms with van der Waals surface area (Å²) in [5.41, 5.74) is 0. The minimum absolute atomic E-state index is 0.00108. The van der Waals surface area contributed by atoms with Crippen molar-refractivity contribution in [1.29, 1.82) is 0 Å². The zero-order valence-electron chi connectivity index (χ0n) is 9.21. The van der Waals surface area contributed by atoms with E-state index in [1.807, 2.05) is 0 Å². The number of methoxy groups -OCH3 is 1. The second kappa shape index (κ2) is 5.80. The fraction of sp³-hybridized carbons (Fsp3) is 0.444. The molecule has 1 unspecified atom stereocenters. The number of ether oxygens (including phenoxy) is 1. The molecule has 1 aromatic heterocycles. The highest BCUT2D eigenvalue weighted by atomic mass is 32.2. The zero-order valence-corrected chi connectivity index (χ0v) is 10.0. The molecule has 0 spiro atoms. The van der Waals surface area contributed by atoms with E-state index in [1.165, 1.54) is 25.6 Å². The number of aliphatic carboxylic acids is 1. The first kappa shape index (κ1) is 13.7. The van der Waals surface area contributed by atoms with Crippen LogP contribution in [0, 0.1) is 0 Å². The van der Waals surface area contributed by atoms with Crippen LogP contribution in [0.1, 0.15) is 6.42 Å². The van der Waals surface area contributed by atoms with Gasteiger partial charge in [0, 0.05) is 26.1 Å². The van der Waals surface area contributed by atoms with Crippen molar-refractivity contribution in [3.63, 3.8) is 0 Å². The van der Waals surface area contributed by atoms with Gasteiger partial charge in [-0.2, -0.15) is 4.72 Å². The first-order valence-corrected chi connectivity index (χ1v) is 6.32. The van der Waals surface area contributed by atoms with Crippen molar-refractivity contribution in [2.45, 2.75) is 17.4 Å². The van der Waals surface area contributed by atoms with E-state index >= 15 is 0 Å². The summed E-state index contributed by atoms with van der Waals surface area (Å²) >= 11 is 0. The van der Waals surface area contributed by atoms with Crippen molar-refractivity contribution in [3.8, 4) is 0 Å². The summed E-state index contributed by atoms with van der Waals surface area (Å²) in [4.78, 5) is 13.5. The van der Waals surface area contributed by atoms with Crippen LogP contribution in [0.3, 0.4) is 0 Å². The molecule has 1 aromatic rings. The molecular formula is C9H14N2O5S. The molecule has 1 atom stereocenters. The van der Waals surface area contributed by atoms with Gasteiger partial charge in [0.25, 0.3) is 0 Å². The molecule has 1 heterocycles. The maximum Gasteiger partial charge on any atom is 0.321 e. The molecule has 0 saturated carbocycles. The van der Waals surface area contributed by atoms with Gasteiger partial charge in [-0.15, -0.1) is 0 Å². The molecule has 7 nitrogen and oxygen atoms in total. The first-order chi connectivity index (χ1) is 7.97. The topological polar surface area (TPSA) is 108 Å². The average Bonchev–Trinajstić information content (AvgIpc) is 2.77. The molecule has 8 heteroatoms. The molecule has 0 radical (unpaired) electrons.